The number of urea groups is 1. The lowest BCUT2D eigenvalue weighted by molar-refractivity contribution is 0.0834. The van der Waals surface area contributed by atoms with Gasteiger partial charge in [0.15, 0.2) is 0 Å². The van der Waals surface area contributed by atoms with Gasteiger partial charge in [-0.1, -0.05) is 32.6 Å². The first-order valence-electron chi connectivity index (χ1n) is 8.32. The van der Waals surface area contributed by atoms with Crippen LogP contribution >= 0.6 is 0 Å². The number of amides is 2. The van der Waals surface area contributed by atoms with Crippen LogP contribution in [0.4, 0.5) is 4.79 Å². The minimum atomic E-state index is -0.103. The Morgan fingerprint density at radius 1 is 1.25 bits per heavy atom. The molecule has 2 fully saturated rings. The maximum absolute atomic E-state index is 12.8. The molecule has 0 aromatic carbocycles. The molecule has 20 heavy (non-hydrogen) atoms. The van der Waals surface area contributed by atoms with E-state index >= 15 is 0 Å². The molecule has 2 N–H and O–H groups in total. The van der Waals surface area contributed by atoms with Crippen molar-refractivity contribution in [1.29, 1.82) is 0 Å². The average molecular weight is 281 g/mol. The lowest BCUT2D eigenvalue weighted by Crippen LogP contribution is -2.58. The average Bonchev–Trinajstić information content (AvgIpc) is 2.72. The summed E-state index contributed by atoms with van der Waals surface area (Å²) < 4.78 is 0. The molecule has 1 unspecified atom stereocenters. The van der Waals surface area contributed by atoms with Crippen molar-refractivity contribution >= 4 is 6.03 Å². The number of nitrogens with zero attached hydrogens (tertiary/aromatic N) is 2. The highest BCUT2D eigenvalue weighted by molar-refractivity contribution is 5.75. The maximum atomic E-state index is 12.8. The number of hydrogen-bond donors (Lipinski definition) is 1. The Balaban J connectivity index is 2.06. The summed E-state index contributed by atoms with van der Waals surface area (Å²) in [6, 6.07) is 0.198. The fourth-order valence-corrected chi connectivity index (χ4v) is 3.84. The van der Waals surface area contributed by atoms with Crippen LogP contribution in [0, 0.1) is 5.92 Å². The molecule has 2 rings (SSSR count). The topological polar surface area (TPSA) is 49.6 Å². The minimum Gasteiger partial charge on any atom is -0.328 e. The summed E-state index contributed by atoms with van der Waals surface area (Å²) in [5.74, 6) is 0.629. The Morgan fingerprint density at radius 3 is 2.45 bits per heavy atom. The van der Waals surface area contributed by atoms with Crippen molar-refractivity contribution in [2.75, 3.05) is 26.7 Å². The van der Waals surface area contributed by atoms with Crippen molar-refractivity contribution in [2.45, 2.75) is 63.8 Å². The molecular weight excluding hydrogens is 250 g/mol. The van der Waals surface area contributed by atoms with Gasteiger partial charge in [-0.2, -0.15) is 0 Å². The van der Waals surface area contributed by atoms with Crippen molar-refractivity contribution in [3.05, 3.63) is 0 Å². The van der Waals surface area contributed by atoms with Gasteiger partial charge >= 0.3 is 6.03 Å². The highest BCUT2D eigenvalue weighted by Crippen LogP contribution is 2.32. The van der Waals surface area contributed by atoms with Gasteiger partial charge in [0.25, 0.3) is 0 Å². The SMILES string of the molecule is CC1CCCN(C(=O)N(C)C2(CN)CCCCCC2)C1. The van der Waals surface area contributed by atoms with Gasteiger partial charge in [0, 0.05) is 26.7 Å². The molecule has 1 atom stereocenters. The standard InChI is InChI=1S/C16H31N3O/c1-14-8-7-11-19(12-14)15(20)18(2)16(13-17)9-5-3-4-6-10-16/h14H,3-13,17H2,1-2H3. The number of carbonyl (C=O) groups is 1. The Hall–Kier alpha value is -0.770. The third kappa shape index (κ3) is 3.27. The Bertz CT molecular complexity index is 324. The molecule has 0 aromatic rings. The maximum Gasteiger partial charge on any atom is 0.320 e. The quantitative estimate of drug-likeness (QED) is 0.791. The zero-order chi connectivity index (χ0) is 14.6. The third-order valence-corrected chi connectivity index (χ3v) is 5.34. The van der Waals surface area contributed by atoms with Crippen LogP contribution in [-0.2, 0) is 0 Å². The first kappa shape index (κ1) is 15.6. The second-order valence-corrected chi connectivity index (χ2v) is 6.88. The lowest BCUT2D eigenvalue weighted by Gasteiger charge is -2.44. The molecular formula is C16H31N3O. The van der Waals surface area contributed by atoms with Crippen molar-refractivity contribution in [2.24, 2.45) is 11.7 Å². The second kappa shape index (κ2) is 6.79. The first-order valence-corrected chi connectivity index (χ1v) is 8.32. The van der Waals surface area contributed by atoms with Crippen molar-refractivity contribution in [3.8, 4) is 0 Å². The third-order valence-electron chi connectivity index (χ3n) is 5.34. The molecule has 4 nitrogen and oxygen atoms in total. The smallest absolute Gasteiger partial charge is 0.320 e. The summed E-state index contributed by atoms with van der Waals surface area (Å²) in [4.78, 5) is 16.8. The number of nitrogens with two attached hydrogens (primary N) is 1. The van der Waals surface area contributed by atoms with E-state index in [0.717, 1.165) is 32.4 Å². The van der Waals surface area contributed by atoms with Gasteiger partial charge in [-0.05, 0) is 31.6 Å². The summed E-state index contributed by atoms with van der Waals surface area (Å²) in [5.41, 5.74) is 5.99. The van der Waals surface area contributed by atoms with E-state index < -0.39 is 0 Å². The van der Waals surface area contributed by atoms with E-state index in [1.54, 1.807) is 0 Å². The highest BCUT2D eigenvalue weighted by Gasteiger charge is 2.38. The molecule has 2 amide bonds. The monoisotopic (exact) mass is 281 g/mol. The van der Waals surface area contributed by atoms with Crippen LogP contribution in [-0.4, -0.2) is 48.1 Å². The molecule has 116 valence electrons. The summed E-state index contributed by atoms with van der Waals surface area (Å²) in [5, 5.41) is 0. The van der Waals surface area contributed by atoms with Crippen LogP contribution in [0.25, 0.3) is 0 Å². The molecule has 2 aliphatic rings. The van der Waals surface area contributed by atoms with Crippen LogP contribution in [0.15, 0.2) is 0 Å². The molecule has 0 radical (unpaired) electrons. The minimum absolute atomic E-state index is 0.103. The van der Waals surface area contributed by atoms with Gasteiger partial charge in [-0.15, -0.1) is 0 Å². The number of rotatable bonds is 2. The Morgan fingerprint density at radius 2 is 1.90 bits per heavy atom. The predicted octanol–water partition coefficient (Wildman–Crippen LogP) is 2.82. The van der Waals surface area contributed by atoms with E-state index in [0.29, 0.717) is 12.5 Å². The van der Waals surface area contributed by atoms with E-state index in [-0.39, 0.29) is 11.6 Å². The number of hydrogen-bond acceptors (Lipinski definition) is 2. The summed E-state index contributed by atoms with van der Waals surface area (Å²) in [7, 11) is 1.97. The van der Waals surface area contributed by atoms with Crippen LogP contribution < -0.4 is 5.73 Å². The van der Waals surface area contributed by atoms with Gasteiger partial charge in [-0.3, -0.25) is 0 Å². The first-order chi connectivity index (χ1) is 9.59. The van der Waals surface area contributed by atoms with Crippen LogP contribution in [0.5, 0.6) is 0 Å². The number of carbonyl (C=O) groups excluding carboxylic acids is 1. The van der Waals surface area contributed by atoms with E-state index in [2.05, 4.69) is 6.92 Å². The Labute approximate surface area is 123 Å². The normalized spacial score (nSPS) is 26.9. The Kier molecular flexibility index (Phi) is 5.30. The molecule has 1 aliphatic carbocycles. The van der Waals surface area contributed by atoms with Gasteiger partial charge in [0.1, 0.15) is 0 Å². The fourth-order valence-electron chi connectivity index (χ4n) is 3.84. The number of piperidine rings is 1. The molecule has 0 spiro atoms. The molecule has 1 saturated carbocycles. The summed E-state index contributed by atoms with van der Waals surface area (Å²) in [6.45, 7) is 4.65. The van der Waals surface area contributed by atoms with Gasteiger partial charge < -0.3 is 15.5 Å². The highest BCUT2D eigenvalue weighted by atomic mass is 16.2. The molecule has 1 heterocycles. The zero-order valence-corrected chi connectivity index (χ0v) is 13.2. The molecule has 1 saturated heterocycles. The largest absolute Gasteiger partial charge is 0.328 e. The lowest BCUT2D eigenvalue weighted by atomic mass is 9.88. The van der Waals surface area contributed by atoms with Crippen LogP contribution in [0.1, 0.15) is 58.3 Å². The van der Waals surface area contributed by atoms with E-state index in [1.165, 1.54) is 32.1 Å². The zero-order valence-electron chi connectivity index (χ0n) is 13.2. The summed E-state index contributed by atoms with van der Waals surface area (Å²) in [6.07, 6.45) is 9.47. The van der Waals surface area contributed by atoms with E-state index in [9.17, 15) is 4.79 Å². The van der Waals surface area contributed by atoms with E-state index in [4.69, 9.17) is 5.73 Å². The molecule has 0 aromatic heterocycles. The van der Waals surface area contributed by atoms with Gasteiger partial charge in [0.05, 0.1) is 5.54 Å². The van der Waals surface area contributed by atoms with Gasteiger partial charge in [-0.25, -0.2) is 4.79 Å². The van der Waals surface area contributed by atoms with Crippen molar-refractivity contribution < 1.29 is 4.79 Å². The summed E-state index contributed by atoms with van der Waals surface area (Å²) >= 11 is 0. The van der Waals surface area contributed by atoms with E-state index in [1.807, 2.05) is 16.8 Å². The number of likely N-dealkylation sites (N-methyl/N-ethyl adjacent to an activating group) is 1. The van der Waals surface area contributed by atoms with Crippen LogP contribution in [0.2, 0.25) is 0 Å². The molecule has 0 bridgehead atoms. The fraction of sp³-hybridized carbons (Fsp3) is 0.938. The van der Waals surface area contributed by atoms with Gasteiger partial charge in [0.2, 0.25) is 0 Å². The molecule has 1 aliphatic heterocycles. The predicted molar refractivity (Wildman–Crippen MR) is 82.6 cm³/mol. The van der Waals surface area contributed by atoms with Crippen molar-refractivity contribution in [1.82, 2.24) is 9.80 Å². The van der Waals surface area contributed by atoms with Crippen molar-refractivity contribution in [3.63, 3.8) is 0 Å². The van der Waals surface area contributed by atoms with Crippen LogP contribution in [0.3, 0.4) is 0 Å². The second-order valence-electron chi connectivity index (χ2n) is 6.88. The number of likely N-dealkylation sites (tertiary alicyclic amines) is 1. The molecule has 4 heteroatoms.